The summed E-state index contributed by atoms with van der Waals surface area (Å²) in [5.41, 5.74) is 3.96. The zero-order valence-corrected chi connectivity index (χ0v) is 39.6. The number of fused-ring (bicyclic) bond motifs is 4. The molecular weight excluding hydrogens is 850 g/mol. The largest absolute Gasteiger partial charge is 0.497 e. The van der Waals surface area contributed by atoms with Gasteiger partial charge in [-0.25, -0.2) is 0 Å². The van der Waals surface area contributed by atoms with E-state index < -0.39 is 0 Å². The van der Waals surface area contributed by atoms with Crippen molar-refractivity contribution in [1.82, 2.24) is 45.1 Å². The Labute approximate surface area is 380 Å². The van der Waals surface area contributed by atoms with Crippen molar-refractivity contribution in [3.63, 3.8) is 0 Å². The number of rotatable bonds is 7. The second-order valence-corrected chi connectivity index (χ2v) is 17.9. The molecule has 346 valence electrons. The lowest BCUT2D eigenvalue weighted by atomic mass is 10.1. The van der Waals surface area contributed by atoms with E-state index in [9.17, 15) is 14.4 Å². The molecule has 15 heteroatoms. The fraction of sp³-hybridized carbons (Fsp3) is 0.723. The van der Waals surface area contributed by atoms with Gasteiger partial charge in [0.1, 0.15) is 11.5 Å². The Morgan fingerprint density at radius 2 is 0.839 bits per heavy atom. The van der Waals surface area contributed by atoms with Crippen LogP contribution in [0.1, 0.15) is 119 Å². The van der Waals surface area contributed by atoms with Crippen LogP contribution in [0.2, 0.25) is 0 Å². The summed E-state index contributed by atoms with van der Waals surface area (Å²) in [5.74, 6) is 2.39. The van der Waals surface area contributed by atoms with E-state index in [0.717, 1.165) is 158 Å². The number of nitrogens with zero attached hydrogens (tertiary/aromatic N) is 7. The first-order valence-corrected chi connectivity index (χ1v) is 24.8. The van der Waals surface area contributed by atoms with Crippen molar-refractivity contribution < 1.29 is 23.9 Å². The number of likely N-dealkylation sites (tertiary alicyclic amines) is 3. The Balaban J connectivity index is 0.000000220. The normalized spacial score (nSPS) is 20.0. The Kier molecular flexibility index (Phi) is 22.8. The molecular formula is C47H76BrN9O5. The van der Waals surface area contributed by atoms with E-state index in [0.29, 0.717) is 31.5 Å². The monoisotopic (exact) mass is 926 g/mol. The smallest absolute Gasteiger partial charge is 0.236 e. The van der Waals surface area contributed by atoms with Gasteiger partial charge in [0.05, 0.1) is 55.4 Å². The predicted octanol–water partition coefficient (Wildman–Crippen LogP) is 5.75. The van der Waals surface area contributed by atoms with Gasteiger partial charge in [-0.15, -0.1) is 0 Å². The summed E-state index contributed by atoms with van der Waals surface area (Å²) < 4.78 is 10.9. The molecule has 4 bridgehead atoms. The number of piperidine rings is 3. The topological polar surface area (TPSA) is 136 Å². The van der Waals surface area contributed by atoms with E-state index in [-0.39, 0.29) is 17.7 Å². The summed E-state index contributed by atoms with van der Waals surface area (Å²) in [6.07, 6.45) is 17.5. The van der Waals surface area contributed by atoms with Crippen molar-refractivity contribution in [2.75, 3.05) is 98.1 Å². The lowest BCUT2D eigenvalue weighted by Gasteiger charge is -2.31. The molecule has 7 heterocycles. The number of carbonyl (C=O) groups is 3. The van der Waals surface area contributed by atoms with E-state index in [1.54, 1.807) is 14.2 Å². The Morgan fingerprint density at radius 3 is 1.23 bits per heavy atom. The molecule has 0 unspecified atom stereocenters. The van der Waals surface area contributed by atoms with E-state index in [1.165, 1.54) is 51.4 Å². The highest BCUT2D eigenvalue weighted by molar-refractivity contribution is 9.09. The van der Waals surface area contributed by atoms with Crippen LogP contribution in [0.25, 0.3) is 0 Å². The zero-order chi connectivity index (χ0) is 43.8. The molecule has 0 aliphatic carbocycles. The summed E-state index contributed by atoms with van der Waals surface area (Å²) in [7, 11) is 3.38. The molecule has 5 aliphatic rings. The number of aromatic nitrogens is 2. The van der Waals surface area contributed by atoms with Crippen molar-refractivity contribution in [1.29, 1.82) is 0 Å². The molecule has 0 radical (unpaired) electrons. The third kappa shape index (κ3) is 18.0. The fourth-order valence-electron chi connectivity index (χ4n) is 8.76. The van der Waals surface area contributed by atoms with Crippen LogP contribution in [-0.2, 0) is 40.6 Å². The maximum absolute atomic E-state index is 13.0. The third-order valence-corrected chi connectivity index (χ3v) is 12.8. The van der Waals surface area contributed by atoms with Crippen LogP contribution < -0.4 is 20.1 Å². The van der Waals surface area contributed by atoms with E-state index in [4.69, 9.17) is 14.5 Å². The Bertz CT molecular complexity index is 1540. The number of hydrogen-bond donors (Lipinski definition) is 2. The summed E-state index contributed by atoms with van der Waals surface area (Å²) in [4.78, 5) is 57.0. The second kappa shape index (κ2) is 28.4. The third-order valence-electron chi connectivity index (χ3n) is 12.3. The number of halogens is 1. The van der Waals surface area contributed by atoms with Crippen molar-refractivity contribution in [3.8, 4) is 11.5 Å². The minimum Gasteiger partial charge on any atom is -0.497 e. The molecule has 7 rings (SSSR count). The lowest BCUT2D eigenvalue weighted by molar-refractivity contribution is -0.134. The number of carbonyl (C=O) groups excluding carboxylic acids is 3. The van der Waals surface area contributed by atoms with Crippen LogP contribution in [0.15, 0.2) is 24.3 Å². The summed E-state index contributed by atoms with van der Waals surface area (Å²) >= 11 is 3.16. The number of methoxy groups -OCH3 is 2. The van der Waals surface area contributed by atoms with Crippen LogP contribution in [0, 0.1) is 0 Å². The van der Waals surface area contributed by atoms with Crippen LogP contribution in [-0.4, -0.2) is 150 Å². The number of pyridine rings is 2. The van der Waals surface area contributed by atoms with Crippen molar-refractivity contribution in [2.45, 2.75) is 122 Å². The maximum atomic E-state index is 13.0. The van der Waals surface area contributed by atoms with Crippen LogP contribution in [0.3, 0.4) is 0 Å². The summed E-state index contributed by atoms with van der Waals surface area (Å²) in [6, 6.07) is 7.97. The predicted molar refractivity (Wildman–Crippen MR) is 248 cm³/mol. The molecule has 0 saturated carbocycles. The van der Waals surface area contributed by atoms with Gasteiger partial charge >= 0.3 is 0 Å². The molecule has 3 saturated heterocycles. The SMILES string of the molecule is COc1cc2nc(c1)CN(CC(=O)N1CCCCC1)CCCCCN(CC(=O)N1CCCCC1)C2.COc1cc2nc(c1)CNCCCCCNC2.O=C(CBr)N1CCCCC1. The molecule has 2 aromatic rings. The minimum absolute atomic E-state index is 0.236. The van der Waals surface area contributed by atoms with Gasteiger partial charge in [-0.2, -0.15) is 0 Å². The van der Waals surface area contributed by atoms with Gasteiger partial charge in [-0.3, -0.25) is 34.2 Å². The number of ether oxygens (including phenoxy) is 2. The Hall–Kier alpha value is -3.37. The molecule has 2 aromatic heterocycles. The summed E-state index contributed by atoms with van der Waals surface area (Å²) in [6.45, 7) is 13.2. The van der Waals surface area contributed by atoms with Gasteiger partial charge in [0, 0.05) is 89.7 Å². The molecule has 0 aromatic carbocycles. The average Bonchev–Trinajstić information content (AvgIpc) is 3.30. The number of alkyl halides is 1. The first-order valence-electron chi connectivity index (χ1n) is 23.7. The van der Waals surface area contributed by atoms with E-state index in [1.807, 2.05) is 39.0 Å². The highest BCUT2D eigenvalue weighted by atomic mass is 79.9. The first-order chi connectivity index (χ1) is 30.3. The molecule has 62 heavy (non-hydrogen) atoms. The van der Waals surface area contributed by atoms with E-state index in [2.05, 4.69) is 41.3 Å². The highest BCUT2D eigenvalue weighted by Crippen LogP contribution is 2.20. The maximum Gasteiger partial charge on any atom is 0.236 e. The van der Waals surface area contributed by atoms with Crippen molar-refractivity contribution in [2.24, 2.45) is 0 Å². The van der Waals surface area contributed by atoms with Crippen molar-refractivity contribution in [3.05, 3.63) is 47.0 Å². The van der Waals surface area contributed by atoms with Gasteiger partial charge in [0.25, 0.3) is 0 Å². The quantitative estimate of drug-likeness (QED) is 0.329. The molecule has 2 N–H and O–H groups in total. The molecule has 3 amide bonds. The van der Waals surface area contributed by atoms with Crippen LogP contribution in [0.4, 0.5) is 0 Å². The first kappa shape index (κ1) is 49.6. The van der Waals surface area contributed by atoms with Crippen LogP contribution in [0.5, 0.6) is 11.5 Å². The van der Waals surface area contributed by atoms with E-state index >= 15 is 0 Å². The summed E-state index contributed by atoms with van der Waals surface area (Å²) in [5, 5.41) is 7.33. The molecule has 0 atom stereocenters. The molecule has 0 spiro atoms. The highest BCUT2D eigenvalue weighted by Gasteiger charge is 2.23. The molecule has 3 fully saturated rings. The zero-order valence-electron chi connectivity index (χ0n) is 38.0. The number of amides is 3. The van der Waals surface area contributed by atoms with Gasteiger partial charge in [0.2, 0.25) is 17.7 Å². The number of hydrogen-bond acceptors (Lipinski definition) is 11. The van der Waals surface area contributed by atoms with Crippen molar-refractivity contribution >= 4 is 33.7 Å². The minimum atomic E-state index is 0.236. The second-order valence-electron chi connectivity index (χ2n) is 17.3. The fourth-order valence-corrected chi connectivity index (χ4v) is 9.11. The lowest BCUT2D eigenvalue weighted by Crippen LogP contribution is -2.43. The molecule has 14 nitrogen and oxygen atoms in total. The van der Waals surface area contributed by atoms with Gasteiger partial charge in [-0.05, 0) is 110 Å². The number of nitrogens with one attached hydrogen (secondary N) is 2. The van der Waals surface area contributed by atoms with Crippen LogP contribution >= 0.6 is 15.9 Å². The molecule has 5 aliphatic heterocycles. The Morgan fingerprint density at radius 1 is 0.500 bits per heavy atom. The average molecular weight is 927 g/mol. The van der Waals surface area contributed by atoms with Gasteiger partial charge in [-0.1, -0.05) is 28.8 Å². The standard InChI is InChI=1S/C27H43N5O3.C13H21N3O.C7H12BrNO/c1-35-25-17-23-19-29(21-26(33)31-13-7-3-8-14-31)11-5-2-6-12-30(20-24(18-25)28-23)22-27(34)32-15-9-4-10-16-32;1-17-13-7-11-9-14-5-3-2-4-6-15-10-12(8-13)16-11;8-6-7(10)9-4-2-1-3-5-9/h17-18H,2-16,19-22H2,1H3;7-8,14-15H,2-6,9-10H2,1H3;1-6H2. The van der Waals surface area contributed by atoms with Gasteiger partial charge in [0.15, 0.2) is 0 Å². The van der Waals surface area contributed by atoms with Gasteiger partial charge < -0.3 is 34.8 Å².